The first kappa shape index (κ1) is 15.8. The van der Waals surface area contributed by atoms with Crippen molar-refractivity contribution in [2.24, 2.45) is 0 Å². The molecule has 1 aliphatic carbocycles. The Morgan fingerprint density at radius 1 is 1.33 bits per heavy atom. The van der Waals surface area contributed by atoms with Gasteiger partial charge in [-0.2, -0.15) is 0 Å². The summed E-state index contributed by atoms with van der Waals surface area (Å²) < 4.78 is 10.7. The molecule has 2 rings (SSSR count). The summed E-state index contributed by atoms with van der Waals surface area (Å²) >= 11 is 3.32. The van der Waals surface area contributed by atoms with E-state index in [1.54, 1.807) is 18.2 Å². The zero-order valence-corrected chi connectivity index (χ0v) is 13.4. The maximum Gasteiger partial charge on any atom is 0.337 e. The molecule has 0 spiro atoms. The summed E-state index contributed by atoms with van der Waals surface area (Å²) in [6, 6.07) is 5.13. The van der Waals surface area contributed by atoms with Crippen molar-refractivity contribution in [2.75, 3.05) is 13.7 Å². The average Bonchev–Trinajstić information content (AvgIpc) is 2.98. The summed E-state index contributed by atoms with van der Waals surface area (Å²) in [5.74, 6) is -0.0173. The molecule has 1 aromatic carbocycles. The van der Waals surface area contributed by atoms with Crippen molar-refractivity contribution in [2.45, 2.75) is 31.7 Å². The topological polar surface area (TPSA) is 64.6 Å². The minimum absolute atomic E-state index is 0.0350. The Bertz CT molecular complexity index is 526. The fraction of sp³-hybridized carbons (Fsp3) is 0.467. The largest absolute Gasteiger partial charge is 0.483 e. The molecule has 0 saturated heterocycles. The Morgan fingerprint density at radius 2 is 2.05 bits per heavy atom. The Kier molecular flexibility index (Phi) is 5.61. The first-order chi connectivity index (χ1) is 10.1. The summed E-state index contributed by atoms with van der Waals surface area (Å²) in [6.45, 7) is -0.0350. The molecule has 0 radical (unpaired) electrons. The number of carbonyl (C=O) groups is 2. The van der Waals surface area contributed by atoms with Gasteiger partial charge in [0.05, 0.1) is 17.1 Å². The van der Waals surface area contributed by atoms with Gasteiger partial charge in [0.15, 0.2) is 6.61 Å². The van der Waals surface area contributed by atoms with Crippen molar-refractivity contribution in [3.05, 3.63) is 28.2 Å². The van der Waals surface area contributed by atoms with Crippen LogP contribution in [0, 0.1) is 0 Å². The highest BCUT2D eigenvalue weighted by molar-refractivity contribution is 9.10. The lowest BCUT2D eigenvalue weighted by molar-refractivity contribution is -0.123. The fourth-order valence-corrected chi connectivity index (χ4v) is 2.84. The summed E-state index contributed by atoms with van der Waals surface area (Å²) in [5.41, 5.74) is 0.423. The van der Waals surface area contributed by atoms with Crippen molar-refractivity contribution >= 4 is 27.8 Å². The molecule has 0 bridgehead atoms. The SMILES string of the molecule is COC(=O)c1ccc(OCC(=O)NC2CCCC2)c(Br)c1. The minimum atomic E-state index is -0.416. The number of amides is 1. The Labute approximate surface area is 132 Å². The zero-order chi connectivity index (χ0) is 15.2. The molecule has 0 unspecified atom stereocenters. The molecule has 1 N–H and O–H groups in total. The summed E-state index contributed by atoms with van der Waals surface area (Å²) in [6.07, 6.45) is 4.44. The van der Waals surface area contributed by atoms with Gasteiger partial charge < -0.3 is 14.8 Å². The second-order valence-electron chi connectivity index (χ2n) is 4.97. The molecular formula is C15H18BrNO4. The van der Waals surface area contributed by atoms with E-state index < -0.39 is 5.97 Å². The van der Waals surface area contributed by atoms with E-state index in [4.69, 9.17) is 4.74 Å². The van der Waals surface area contributed by atoms with Crippen LogP contribution in [-0.2, 0) is 9.53 Å². The lowest BCUT2D eigenvalue weighted by Gasteiger charge is -2.13. The van der Waals surface area contributed by atoms with Crippen LogP contribution < -0.4 is 10.1 Å². The average molecular weight is 356 g/mol. The van der Waals surface area contributed by atoms with E-state index in [1.165, 1.54) is 20.0 Å². The highest BCUT2D eigenvalue weighted by atomic mass is 79.9. The number of hydrogen-bond acceptors (Lipinski definition) is 4. The molecule has 114 valence electrons. The summed E-state index contributed by atoms with van der Waals surface area (Å²) in [7, 11) is 1.33. The Hall–Kier alpha value is -1.56. The molecule has 0 aromatic heterocycles. The van der Waals surface area contributed by atoms with Gasteiger partial charge in [-0.25, -0.2) is 4.79 Å². The molecule has 1 amide bonds. The predicted molar refractivity (Wildman–Crippen MR) is 81.4 cm³/mol. The lowest BCUT2D eigenvalue weighted by Crippen LogP contribution is -2.36. The minimum Gasteiger partial charge on any atom is -0.483 e. The standard InChI is InChI=1S/C15H18BrNO4/c1-20-15(19)10-6-7-13(12(16)8-10)21-9-14(18)17-11-4-2-3-5-11/h6-8,11H,2-5,9H2,1H3,(H,17,18). The number of esters is 1. The first-order valence-electron chi connectivity index (χ1n) is 6.90. The fourth-order valence-electron chi connectivity index (χ4n) is 2.35. The van der Waals surface area contributed by atoms with E-state index in [0.29, 0.717) is 15.8 Å². The van der Waals surface area contributed by atoms with E-state index in [0.717, 1.165) is 12.8 Å². The molecule has 6 heteroatoms. The third-order valence-electron chi connectivity index (χ3n) is 3.43. The van der Waals surface area contributed by atoms with E-state index in [1.807, 2.05) is 0 Å². The van der Waals surface area contributed by atoms with Gasteiger partial charge in [0.1, 0.15) is 5.75 Å². The summed E-state index contributed by atoms with van der Waals surface area (Å²) in [4.78, 5) is 23.2. The molecule has 1 fully saturated rings. The number of hydrogen-bond donors (Lipinski definition) is 1. The van der Waals surface area contributed by atoms with Crippen LogP contribution in [0.15, 0.2) is 22.7 Å². The van der Waals surface area contributed by atoms with Crippen molar-refractivity contribution in [3.8, 4) is 5.75 Å². The number of rotatable bonds is 5. The van der Waals surface area contributed by atoms with E-state index >= 15 is 0 Å². The number of methoxy groups -OCH3 is 1. The molecule has 21 heavy (non-hydrogen) atoms. The number of nitrogens with one attached hydrogen (secondary N) is 1. The number of carbonyl (C=O) groups excluding carboxylic acids is 2. The third-order valence-corrected chi connectivity index (χ3v) is 4.05. The van der Waals surface area contributed by atoms with Gasteiger partial charge in [-0.05, 0) is 47.0 Å². The molecule has 1 aliphatic rings. The first-order valence-corrected chi connectivity index (χ1v) is 7.69. The van der Waals surface area contributed by atoms with Crippen LogP contribution in [0.2, 0.25) is 0 Å². The monoisotopic (exact) mass is 355 g/mol. The van der Waals surface area contributed by atoms with Crippen molar-refractivity contribution in [1.82, 2.24) is 5.32 Å². The number of benzene rings is 1. The van der Waals surface area contributed by atoms with E-state index in [-0.39, 0.29) is 18.6 Å². The quantitative estimate of drug-likeness (QED) is 0.824. The third kappa shape index (κ3) is 4.46. The highest BCUT2D eigenvalue weighted by Gasteiger charge is 2.17. The second-order valence-corrected chi connectivity index (χ2v) is 5.83. The molecular weight excluding hydrogens is 338 g/mol. The molecule has 0 aliphatic heterocycles. The van der Waals surface area contributed by atoms with Gasteiger partial charge >= 0.3 is 5.97 Å². The highest BCUT2D eigenvalue weighted by Crippen LogP contribution is 2.26. The van der Waals surface area contributed by atoms with Crippen LogP contribution in [0.5, 0.6) is 5.75 Å². The lowest BCUT2D eigenvalue weighted by atomic mass is 10.2. The second kappa shape index (κ2) is 7.45. The van der Waals surface area contributed by atoms with Gasteiger partial charge in [-0.3, -0.25) is 4.79 Å². The smallest absolute Gasteiger partial charge is 0.337 e. The van der Waals surface area contributed by atoms with Crippen LogP contribution in [0.3, 0.4) is 0 Å². The van der Waals surface area contributed by atoms with Crippen LogP contribution >= 0.6 is 15.9 Å². The normalized spacial score (nSPS) is 14.8. The number of ether oxygens (including phenoxy) is 2. The molecule has 0 atom stereocenters. The van der Waals surface area contributed by atoms with Crippen molar-refractivity contribution in [3.63, 3.8) is 0 Å². The van der Waals surface area contributed by atoms with E-state index in [2.05, 4.69) is 26.0 Å². The summed E-state index contributed by atoms with van der Waals surface area (Å²) in [5, 5.41) is 2.95. The van der Waals surface area contributed by atoms with Crippen LogP contribution in [-0.4, -0.2) is 31.6 Å². The maximum absolute atomic E-state index is 11.8. The molecule has 1 saturated carbocycles. The van der Waals surface area contributed by atoms with Crippen LogP contribution in [0.4, 0.5) is 0 Å². The number of halogens is 1. The van der Waals surface area contributed by atoms with Gasteiger partial charge in [0.25, 0.3) is 5.91 Å². The maximum atomic E-state index is 11.8. The van der Waals surface area contributed by atoms with Crippen molar-refractivity contribution < 1.29 is 19.1 Å². The van der Waals surface area contributed by atoms with Crippen LogP contribution in [0.25, 0.3) is 0 Å². The van der Waals surface area contributed by atoms with Gasteiger partial charge in [-0.1, -0.05) is 12.8 Å². The predicted octanol–water partition coefficient (Wildman–Crippen LogP) is 2.67. The van der Waals surface area contributed by atoms with Crippen LogP contribution in [0.1, 0.15) is 36.0 Å². The van der Waals surface area contributed by atoms with Gasteiger partial charge in [-0.15, -0.1) is 0 Å². The zero-order valence-electron chi connectivity index (χ0n) is 11.9. The molecule has 1 aromatic rings. The molecule has 5 nitrogen and oxygen atoms in total. The van der Waals surface area contributed by atoms with Crippen molar-refractivity contribution in [1.29, 1.82) is 0 Å². The molecule has 0 heterocycles. The van der Waals surface area contributed by atoms with Gasteiger partial charge in [0.2, 0.25) is 0 Å². The van der Waals surface area contributed by atoms with E-state index in [9.17, 15) is 9.59 Å². The Morgan fingerprint density at radius 3 is 2.67 bits per heavy atom. The Balaban J connectivity index is 1.87. The van der Waals surface area contributed by atoms with Gasteiger partial charge in [0, 0.05) is 6.04 Å².